The highest BCUT2D eigenvalue weighted by atomic mass is 32.2. The summed E-state index contributed by atoms with van der Waals surface area (Å²) in [4.78, 5) is 25.4. The summed E-state index contributed by atoms with van der Waals surface area (Å²) in [7, 11) is 0. The van der Waals surface area contributed by atoms with Crippen molar-refractivity contribution in [2.24, 2.45) is 0 Å². The number of rotatable bonds is 7. The number of benzene rings is 3. The molecule has 1 heterocycles. The van der Waals surface area contributed by atoms with E-state index >= 15 is 0 Å². The van der Waals surface area contributed by atoms with Crippen LogP contribution < -0.4 is 5.32 Å². The van der Waals surface area contributed by atoms with E-state index in [4.69, 9.17) is 0 Å². The van der Waals surface area contributed by atoms with Crippen molar-refractivity contribution in [2.75, 3.05) is 11.1 Å². The van der Waals surface area contributed by atoms with Gasteiger partial charge in [0.25, 0.3) is 0 Å². The molecule has 1 aromatic heterocycles. The number of ketones is 1. The van der Waals surface area contributed by atoms with Crippen molar-refractivity contribution in [3.63, 3.8) is 0 Å². The smallest absolute Gasteiger partial charge is 0.234 e. The second-order valence-corrected chi connectivity index (χ2v) is 7.46. The van der Waals surface area contributed by atoms with Gasteiger partial charge in [0, 0.05) is 11.1 Å². The Balaban J connectivity index is 1.46. The number of hydrogen-bond donors (Lipinski definition) is 1. The maximum absolute atomic E-state index is 14.1. The Hall–Kier alpha value is -3.78. The van der Waals surface area contributed by atoms with Gasteiger partial charge >= 0.3 is 0 Å². The van der Waals surface area contributed by atoms with Gasteiger partial charge in [-0.25, -0.2) is 4.39 Å². The van der Waals surface area contributed by atoms with Crippen molar-refractivity contribution >= 4 is 29.1 Å². The minimum absolute atomic E-state index is 0.0149. The van der Waals surface area contributed by atoms with Gasteiger partial charge in [0.2, 0.25) is 5.91 Å². The first kappa shape index (κ1) is 20.5. The first-order valence-corrected chi connectivity index (χ1v) is 10.4. The predicted octanol–water partition coefficient (Wildman–Crippen LogP) is 4.37. The second kappa shape index (κ2) is 9.36. The molecule has 4 rings (SSSR count). The molecule has 0 atom stereocenters. The summed E-state index contributed by atoms with van der Waals surface area (Å²) in [6.07, 6.45) is 1.40. The molecule has 8 heteroatoms. The van der Waals surface area contributed by atoms with Gasteiger partial charge in [-0.15, -0.1) is 10.2 Å². The van der Waals surface area contributed by atoms with Crippen molar-refractivity contribution in [1.29, 1.82) is 0 Å². The Morgan fingerprint density at radius 3 is 2.45 bits per heavy atom. The average Bonchev–Trinajstić information content (AvgIpc) is 3.27. The van der Waals surface area contributed by atoms with Gasteiger partial charge in [0.05, 0.1) is 17.1 Å². The fourth-order valence-electron chi connectivity index (χ4n) is 2.99. The van der Waals surface area contributed by atoms with Crippen LogP contribution in [0.4, 0.5) is 10.1 Å². The number of nitrogens with zero attached hydrogens (tertiary/aromatic N) is 3. The number of amides is 1. The first-order valence-electron chi connectivity index (χ1n) is 9.40. The van der Waals surface area contributed by atoms with E-state index in [0.29, 0.717) is 27.7 Å². The van der Waals surface area contributed by atoms with Crippen molar-refractivity contribution < 1.29 is 14.0 Å². The zero-order valence-electron chi connectivity index (χ0n) is 16.2. The number of nitrogens with one attached hydrogen (secondary N) is 1. The van der Waals surface area contributed by atoms with Crippen LogP contribution in [0.15, 0.2) is 90.3 Å². The van der Waals surface area contributed by atoms with Gasteiger partial charge in [-0.1, -0.05) is 66.4 Å². The lowest BCUT2D eigenvalue weighted by molar-refractivity contribution is -0.113. The Bertz CT molecular complexity index is 1230. The van der Waals surface area contributed by atoms with Crippen molar-refractivity contribution in [1.82, 2.24) is 14.8 Å². The molecule has 0 radical (unpaired) electrons. The first-order chi connectivity index (χ1) is 15.1. The number of thioether (sulfide) groups is 1. The molecular weight excluding hydrogens is 415 g/mol. The summed E-state index contributed by atoms with van der Waals surface area (Å²) in [6, 6.07) is 22.0. The van der Waals surface area contributed by atoms with Crippen LogP contribution in [-0.2, 0) is 4.79 Å². The van der Waals surface area contributed by atoms with Crippen molar-refractivity contribution in [3.05, 3.63) is 102 Å². The third-order valence-corrected chi connectivity index (χ3v) is 5.39. The van der Waals surface area contributed by atoms with E-state index < -0.39 is 5.82 Å². The zero-order valence-corrected chi connectivity index (χ0v) is 17.1. The summed E-state index contributed by atoms with van der Waals surface area (Å²) >= 11 is 1.12. The number of carbonyl (C=O) groups excluding carboxylic acids is 2. The van der Waals surface area contributed by atoms with Crippen LogP contribution in [0.25, 0.3) is 5.69 Å². The minimum atomic E-state index is -0.415. The van der Waals surface area contributed by atoms with E-state index in [2.05, 4.69) is 15.5 Å². The standard InChI is InChI=1S/C23H17FN4O2S/c24-18-11-5-7-13-20(18)28-15-25-27-23(28)31-14-21(29)26-19-12-6-4-10-17(19)22(30)16-8-2-1-3-9-16/h1-13,15H,14H2,(H,26,29). The van der Waals surface area contributed by atoms with Crippen LogP contribution in [0.3, 0.4) is 0 Å². The van der Waals surface area contributed by atoms with Crippen molar-refractivity contribution in [2.45, 2.75) is 5.16 Å². The van der Waals surface area contributed by atoms with Gasteiger partial charge in [-0.3, -0.25) is 14.2 Å². The quantitative estimate of drug-likeness (QED) is 0.347. The van der Waals surface area contributed by atoms with Crippen LogP contribution in [0.2, 0.25) is 0 Å². The van der Waals surface area contributed by atoms with Gasteiger partial charge in [-0.05, 0) is 24.3 Å². The fraction of sp³-hybridized carbons (Fsp3) is 0.0435. The molecule has 0 fully saturated rings. The minimum Gasteiger partial charge on any atom is -0.325 e. The number of anilines is 1. The molecule has 0 aliphatic carbocycles. The Kier molecular flexibility index (Phi) is 6.18. The molecule has 4 aromatic rings. The van der Waals surface area contributed by atoms with E-state index in [1.165, 1.54) is 17.0 Å². The predicted molar refractivity (Wildman–Crippen MR) is 117 cm³/mol. The molecule has 0 saturated carbocycles. The molecule has 1 N–H and O–H groups in total. The summed E-state index contributed by atoms with van der Waals surface area (Å²) in [6.45, 7) is 0. The molecule has 0 unspecified atom stereocenters. The highest BCUT2D eigenvalue weighted by Gasteiger charge is 2.16. The largest absolute Gasteiger partial charge is 0.325 e. The molecule has 0 saturated heterocycles. The zero-order chi connectivity index (χ0) is 21.6. The molecule has 31 heavy (non-hydrogen) atoms. The van der Waals surface area contributed by atoms with E-state index in [1.54, 1.807) is 66.7 Å². The SMILES string of the molecule is O=C(CSc1nncn1-c1ccccc1F)Nc1ccccc1C(=O)c1ccccc1. The highest BCUT2D eigenvalue weighted by molar-refractivity contribution is 7.99. The third-order valence-electron chi connectivity index (χ3n) is 4.44. The fourth-order valence-corrected chi connectivity index (χ4v) is 3.71. The molecule has 6 nitrogen and oxygen atoms in total. The van der Waals surface area contributed by atoms with Crippen molar-refractivity contribution in [3.8, 4) is 5.69 Å². The van der Waals surface area contributed by atoms with E-state index in [-0.39, 0.29) is 17.4 Å². The van der Waals surface area contributed by atoms with E-state index in [1.807, 2.05) is 6.07 Å². The monoisotopic (exact) mass is 432 g/mol. The molecule has 3 aromatic carbocycles. The van der Waals surface area contributed by atoms with E-state index in [0.717, 1.165) is 11.8 Å². The third kappa shape index (κ3) is 4.70. The average molecular weight is 432 g/mol. The molecule has 0 spiro atoms. The molecule has 154 valence electrons. The van der Waals surface area contributed by atoms with Gasteiger partial charge in [0.15, 0.2) is 10.9 Å². The molecule has 0 aliphatic rings. The Labute approximate surface area is 182 Å². The molecular formula is C23H17FN4O2S. The summed E-state index contributed by atoms with van der Waals surface area (Å²) < 4.78 is 15.6. The number of halogens is 1. The lowest BCUT2D eigenvalue weighted by Crippen LogP contribution is -2.17. The lowest BCUT2D eigenvalue weighted by atomic mass is 10.0. The number of aromatic nitrogens is 3. The molecule has 0 bridgehead atoms. The maximum Gasteiger partial charge on any atom is 0.234 e. The number of para-hydroxylation sites is 2. The van der Waals surface area contributed by atoms with Crippen LogP contribution in [0, 0.1) is 5.82 Å². The van der Waals surface area contributed by atoms with Crippen LogP contribution >= 0.6 is 11.8 Å². The van der Waals surface area contributed by atoms with E-state index in [9.17, 15) is 14.0 Å². The lowest BCUT2D eigenvalue weighted by Gasteiger charge is -2.11. The van der Waals surface area contributed by atoms with Crippen LogP contribution in [0.1, 0.15) is 15.9 Å². The van der Waals surface area contributed by atoms with Gasteiger partial charge in [-0.2, -0.15) is 0 Å². The van der Waals surface area contributed by atoms with Crippen LogP contribution in [-0.4, -0.2) is 32.2 Å². The number of carbonyl (C=O) groups is 2. The number of hydrogen-bond acceptors (Lipinski definition) is 5. The normalized spacial score (nSPS) is 10.6. The Morgan fingerprint density at radius 2 is 1.65 bits per heavy atom. The summed E-state index contributed by atoms with van der Waals surface area (Å²) in [5.74, 6) is -0.895. The van der Waals surface area contributed by atoms with Gasteiger partial charge < -0.3 is 5.32 Å². The summed E-state index contributed by atoms with van der Waals surface area (Å²) in [5.41, 5.74) is 1.67. The second-order valence-electron chi connectivity index (χ2n) is 6.51. The molecule has 0 aliphatic heterocycles. The van der Waals surface area contributed by atoms with Gasteiger partial charge in [0.1, 0.15) is 12.1 Å². The molecule has 1 amide bonds. The maximum atomic E-state index is 14.1. The topological polar surface area (TPSA) is 76.9 Å². The Morgan fingerprint density at radius 1 is 0.935 bits per heavy atom. The summed E-state index contributed by atoms with van der Waals surface area (Å²) in [5, 5.41) is 11.0. The van der Waals surface area contributed by atoms with Crippen LogP contribution in [0.5, 0.6) is 0 Å². The highest BCUT2D eigenvalue weighted by Crippen LogP contribution is 2.23.